The number of nitrogens with zero attached hydrogens (tertiary/aromatic N) is 2. The van der Waals surface area contributed by atoms with Crippen LogP contribution in [0.5, 0.6) is 5.75 Å². The Morgan fingerprint density at radius 1 is 1.30 bits per heavy atom. The summed E-state index contributed by atoms with van der Waals surface area (Å²) in [7, 11) is 1.51. The third-order valence-electron chi connectivity index (χ3n) is 4.30. The predicted octanol–water partition coefficient (Wildman–Crippen LogP) is 2.97. The van der Waals surface area contributed by atoms with Crippen molar-refractivity contribution in [3.63, 3.8) is 0 Å². The lowest BCUT2D eigenvalue weighted by Crippen LogP contribution is -2.24. The molecule has 3 aromatic rings. The predicted molar refractivity (Wildman–Crippen MR) is 98.0 cm³/mol. The van der Waals surface area contributed by atoms with Gasteiger partial charge in [0.15, 0.2) is 5.58 Å². The van der Waals surface area contributed by atoms with Crippen LogP contribution in [0.4, 0.5) is 16.2 Å². The van der Waals surface area contributed by atoms with Crippen molar-refractivity contribution < 1.29 is 23.6 Å². The van der Waals surface area contributed by atoms with E-state index in [4.69, 9.17) is 14.0 Å². The lowest BCUT2D eigenvalue weighted by molar-refractivity contribution is -0.115. The van der Waals surface area contributed by atoms with Crippen LogP contribution in [0.1, 0.15) is 5.69 Å². The highest BCUT2D eigenvalue weighted by Crippen LogP contribution is 2.33. The average molecular weight is 367 g/mol. The molecule has 27 heavy (non-hydrogen) atoms. The van der Waals surface area contributed by atoms with Crippen molar-refractivity contribution in [3.8, 4) is 5.75 Å². The molecule has 0 spiro atoms. The number of anilines is 2. The van der Waals surface area contributed by atoms with Crippen LogP contribution in [0.25, 0.3) is 11.0 Å². The summed E-state index contributed by atoms with van der Waals surface area (Å²) in [4.78, 5) is 25.6. The minimum absolute atomic E-state index is 0.0829. The Kier molecular flexibility index (Phi) is 4.37. The molecular formula is C19H17N3O5. The molecule has 1 aromatic heterocycles. The number of fused-ring (bicyclic) bond motifs is 1. The molecule has 2 heterocycles. The van der Waals surface area contributed by atoms with Gasteiger partial charge >= 0.3 is 6.09 Å². The van der Waals surface area contributed by atoms with Gasteiger partial charge in [0.2, 0.25) is 5.91 Å². The van der Waals surface area contributed by atoms with E-state index in [2.05, 4.69) is 10.5 Å². The van der Waals surface area contributed by atoms with E-state index in [0.29, 0.717) is 41.6 Å². The minimum Gasteiger partial charge on any atom is -0.494 e. The maximum atomic E-state index is 12.4. The zero-order chi connectivity index (χ0) is 18.8. The number of cyclic esters (lactones) is 1. The summed E-state index contributed by atoms with van der Waals surface area (Å²) in [6.07, 6.45) is -0.331. The summed E-state index contributed by atoms with van der Waals surface area (Å²) in [6.45, 7) is 0.798. The highest BCUT2D eigenvalue weighted by atomic mass is 16.6. The van der Waals surface area contributed by atoms with Crippen molar-refractivity contribution in [2.45, 2.75) is 6.42 Å². The number of hydrogen-bond donors (Lipinski definition) is 1. The molecule has 0 bridgehead atoms. The first-order valence-electron chi connectivity index (χ1n) is 8.41. The van der Waals surface area contributed by atoms with Crippen molar-refractivity contribution in [1.29, 1.82) is 0 Å². The number of carbonyl (C=O) groups is 2. The molecule has 0 atom stereocenters. The van der Waals surface area contributed by atoms with Crippen LogP contribution in [-0.4, -0.2) is 37.4 Å². The lowest BCUT2D eigenvalue weighted by Gasteiger charge is -2.17. The highest BCUT2D eigenvalue weighted by Gasteiger charge is 2.26. The van der Waals surface area contributed by atoms with Crippen molar-refractivity contribution in [3.05, 3.63) is 48.2 Å². The fourth-order valence-corrected chi connectivity index (χ4v) is 3.01. The second-order valence-corrected chi connectivity index (χ2v) is 6.00. The molecule has 2 amide bonds. The summed E-state index contributed by atoms with van der Waals surface area (Å²) in [5.41, 5.74) is 2.37. The summed E-state index contributed by atoms with van der Waals surface area (Å²) in [6, 6.07) is 12.5. The molecule has 1 aliphatic heterocycles. The molecule has 8 nitrogen and oxygen atoms in total. The Bertz CT molecular complexity index is 1010. The van der Waals surface area contributed by atoms with Crippen LogP contribution in [0.2, 0.25) is 0 Å². The van der Waals surface area contributed by atoms with Gasteiger partial charge in [-0.15, -0.1) is 0 Å². The van der Waals surface area contributed by atoms with Crippen LogP contribution in [-0.2, 0) is 16.0 Å². The van der Waals surface area contributed by atoms with Crippen LogP contribution in [0.3, 0.4) is 0 Å². The first kappa shape index (κ1) is 16.9. The monoisotopic (exact) mass is 367 g/mol. The first-order valence-corrected chi connectivity index (χ1v) is 8.41. The molecule has 0 aliphatic carbocycles. The lowest BCUT2D eigenvalue weighted by atomic mass is 10.1. The average Bonchev–Trinajstić information content (AvgIpc) is 3.28. The number of carbonyl (C=O) groups excluding carboxylic acids is 2. The maximum absolute atomic E-state index is 12.4. The Labute approximate surface area is 154 Å². The third-order valence-corrected chi connectivity index (χ3v) is 4.30. The van der Waals surface area contributed by atoms with Gasteiger partial charge in [0.1, 0.15) is 18.1 Å². The van der Waals surface area contributed by atoms with E-state index in [1.54, 1.807) is 24.3 Å². The number of hydrogen-bond acceptors (Lipinski definition) is 6. The van der Waals surface area contributed by atoms with Crippen LogP contribution < -0.4 is 15.0 Å². The van der Waals surface area contributed by atoms with Gasteiger partial charge in [0.05, 0.1) is 25.8 Å². The molecule has 0 saturated carbocycles. The number of ether oxygens (including phenoxy) is 2. The van der Waals surface area contributed by atoms with E-state index in [1.807, 2.05) is 18.2 Å². The number of rotatable bonds is 5. The molecule has 4 rings (SSSR count). The molecular weight excluding hydrogens is 350 g/mol. The van der Waals surface area contributed by atoms with Crippen LogP contribution in [0, 0.1) is 0 Å². The highest BCUT2D eigenvalue weighted by molar-refractivity contribution is 5.96. The number of para-hydroxylation sites is 1. The number of amides is 2. The van der Waals surface area contributed by atoms with Gasteiger partial charge in [-0.05, 0) is 24.3 Å². The second kappa shape index (κ2) is 6.99. The molecule has 1 aliphatic rings. The molecule has 1 saturated heterocycles. The maximum Gasteiger partial charge on any atom is 0.414 e. The van der Waals surface area contributed by atoms with Gasteiger partial charge in [-0.25, -0.2) is 4.79 Å². The molecule has 138 valence electrons. The van der Waals surface area contributed by atoms with Gasteiger partial charge < -0.3 is 19.3 Å². The van der Waals surface area contributed by atoms with Crippen molar-refractivity contribution in [2.75, 3.05) is 30.5 Å². The fraction of sp³-hybridized carbons (Fsp3) is 0.211. The zero-order valence-electron chi connectivity index (χ0n) is 14.6. The van der Waals surface area contributed by atoms with Gasteiger partial charge in [-0.1, -0.05) is 17.3 Å². The van der Waals surface area contributed by atoms with E-state index in [9.17, 15) is 9.59 Å². The van der Waals surface area contributed by atoms with Crippen molar-refractivity contribution >= 4 is 34.3 Å². The summed E-state index contributed by atoms with van der Waals surface area (Å²) < 4.78 is 15.5. The summed E-state index contributed by atoms with van der Waals surface area (Å²) in [5.74, 6) is 0.239. The largest absolute Gasteiger partial charge is 0.494 e. The number of aromatic nitrogens is 1. The SMILES string of the molecule is COc1cc(NC(=O)Cc2noc3ccccc23)ccc1N1CCOC1=O. The minimum atomic E-state index is -0.414. The number of benzene rings is 2. The Morgan fingerprint density at radius 2 is 2.15 bits per heavy atom. The van der Waals surface area contributed by atoms with E-state index < -0.39 is 6.09 Å². The van der Waals surface area contributed by atoms with Crippen molar-refractivity contribution in [1.82, 2.24) is 5.16 Å². The summed E-state index contributed by atoms with van der Waals surface area (Å²) >= 11 is 0. The molecule has 8 heteroatoms. The van der Waals surface area contributed by atoms with E-state index in [-0.39, 0.29) is 12.3 Å². The first-order chi connectivity index (χ1) is 13.2. The van der Waals surface area contributed by atoms with Crippen molar-refractivity contribution in [2.24, 2.45) is 0 Å². The quantitative estimate of drug-likeness (QED) is 0.745. The molecule has 2 aromatic carbocycles. The van der Waals surface area contributed by atoms with Gasteiger partial charge in [0.25, 0.3) is 0 Å². The second-order valence-electron chi connectivity index (χ2n) is 6.00. The Morgan fingerprint density at radius 3 is 2.93 bits per heavy atom. The van der Waals surface area contributed by atoms with Crippen LogP contribution >= 0.6 is 0 Å². The number of methoxy groups -OCH3 is 1. The van der Waals surface area contributed by atoms with Gasteiger partial charge in [-0.3, -0.25) is 9.69 Å². The Hall–Kier alpha value is -3.55. The number of nitrogens with one attached hydrogen (secondary N) is 1. The molecule has 0 unspecified atom stereocenters. The van der Waals surface area contributed by atoms with E-state index in [1.165, 1.54) is 12.0 Å². The molecule has 0 radical (unpaired) electrons. The summed E-state index contributed by atoms with van der Waals surface area (Å²) in [5, 5.41) is 7.59. The Balaban J connectivity index is 1.50. The zero-order valence-corrected chi connectivity index (χ0v) is 14.6. The molecule has 1 N–H and O–H groups in total. The van der Waals surface area contributed by atoms with Gasteiger partial charge in [0, 0.05) is 17.1 Å². The van der Waals surface area contributed by atoms with Gasteiger partial charge in [-0.2, -0.15) is 0 Å². The third kappa shape index (κ3) is 3.29. The standard InChI is InChI=1S/C19H17N3O5/c1-25-17-10-12(6-7-15(17)22-8-9-26-19(22)24)20-18(23)11-14-13-4-2-3-5-16(13)27-21-14/h2-7,10H,8-9,11H2,1H3,(H,20,23). The smallest absolute Gasteiger partial charge is 0.414 e. The normalized spacial score (nSPS) is 13.7. The van der Waals surface area contributed by atoms with E-state index >= 15 is 0 Å². The van der Waals surface area contributed by atoms with E-state index in [0.717, 1.165) is 5.39 Å². The molecule has 1 fully saturated rings. The fourth-order valence-electron chi connectivity index (χ4n) is 3.01. The van der Waals surface area contributed by atoms with Crippen LogP contribution in [0.15, 0.2) is 47.0 Å². The topological polar surface area (TPSA) is 93.9 Å².